The number of ether oxygens (including phenoxy) is 1. The summed E-state index contributed by atoms with van der Waals surface area (Å²) in [4.78, 5) is 7.15. The molecule has 0 amide bonds. The number of anilines is 1. The van der Waals surface area contributed by atoms with Crippen LogP contribution in [0.5, 0.6) is 5.88 Å². The fourth-order valence-corrected chi connectivity index (χ4v) is 1.69. The molecule has 2 N–H and O–H groups in total. The van der Waals surface area contributed by atoms with Gasteiger partial charge in [-0.2, -0.15) is 4.98 Å². The van der Waals surface area contributed by atoms with Crippen LogP contribution in [0.15, 0.2) is 18.2 Å². The maximum absolute atomic E-state index is 5.65. The van der Waals surface area contributed by atoms with E-state index < -0.39 is 0 Å². The molecule has 0 saturated heterocycles. The Morgan fingerprint density at radius 3 is 2.78 bits per heavy atom. The van der Waals surface area contributed by atoms with Crippen LogP contribution in [-0.4, -0.2) is 29.7 Å². The number of aromatic nitrogens is 1. The van der Waals surface area contributed by atoms with Crippen molar-refractivity contribution in [1.29, 1.82) is 0 Å². The predicted octanol–water partition coefficient (Wildman–Crippen LogP) is 2.23. The SMILES string of the molecule is CCOc1cccc(N(CC)CC(C)C(N)=S)n1. The van der Waals surface area contributed by atoms with Gasteiger partial charge in [0, 0.05) is 25.1 Å². The summed E-state index contributed by atoms with van der Waals surface area (Å²) in [5, 5.41) is 0. The minimum absolute atomic E-state index is 0.164. The first-order chi connectivity index (χ1) is 8.58. The molecule has 1 rings (SSSR count). The maximum Gasteiger partial charge on any atom is 0.215 e. The lowest BCUT2D eigenvalue weighted by atomic mass is 10.1. The number of hydrogen-bond acceptors (Lipinski definition) is 4. The second kappa shape index (κ2) is 7.16. The van der Waals surface area contributed by atoms with Crippen molar-refractivity contribution in [2.24, 2.45) is 11.7 Å². The van der Waals surface area contributed by atoms with Crippen LogP contribution in [0, 0.1) is 5.92 Å². The Hall–Kier alpha value is -1.36. The van der Waals surface area contributed by atoms with Gasteiger partial charge in [0.15, 0.2) is 0 Å². The number of thiocarbonyl (C=S) groups is 1. The number of nitrogens with zero attached hydrogens (tertiary/aromatic N) is 2. The highest BCUT2D eigenvalue weighted by Gasteiger charge is 2.13. The lowest BCUT2D eigenvalue weighted by Gasteiger charge is -2.25. The molecule has 1 unspecified atom stereocenters. The summed E-state index contributed by atoms with van der Waals surface area (Å²) >= 11 is 5.01. The molecule has 18 heavy (non-hydrogen) atoms. The molecular weight excluding hydrogens is 246 g/mol. The molecule has 0 aliphatic heterocycles. The number of hydrogen-bond donors (Lipinski definition) is 1. The van der Waals surface area contributed by atoms with E-state index >= 15 is 0 Å². The molecular formula is C13H21N3OS. The standard InChI is InChI=1S/C13H21N3OS/c1-4-16(9-10(3)13(14)18)11-7-6-8-12(15-11)17-5-2/h6-8,10H,4-5,9H2,1-3H3,(H2,14,18). The van der Waals surface area contributed by atoms with E-state index in [0.29, 0.717) is 17.5 Å². The van der Waals surface area contributed by atoms with E-state index in [1.165, 1.54) is 0 Å². The van der Waals surface area contributed by atoms with Crippen LogP contribution in [-0.2, 0) is 0 Å². The highest BCUT2D eigenvalue weighted by molar-refractivity contribution is 7.80. The van der Waals surface area contributed by atoms with E-state index in [-0.39, 0.29) is 5.92 Å². The molecule has 0 fully saturated rings. The highest BCUT2D eigenvalue weighted by atomic mass is 32.1. The average molecular weight is 267 g/mol. The molecule has 5 heteroatoms. The molecule has 0 aliphatic carbocycles. The molecule has 4 nitrogen and oxygen atoms in total. The van der Waals surface area contributed by atoms with Gasteiger partial charge in [0.1, 0.15) is 5.82 Å². The Labute approximate surface area is 114 Å². The monoisotopic (exact) mass is 267 g/mol. The fraction of sp³-hybridized carbons (Fsp3) is 0.538. The van der Waals surface area contributed by atoms with Crippen molar-refractivity contribution in [2.45, 2.75) is 20.8 Å². The summed E-state index contributed by atoms with van der Waals surface area (Å²) in [7, 11) is 0. The molecule has 1 heterocycles. The molecule has 0 radical (unpaired) electrons. The van der Waals surface area contributed by atoms with Gasteiger partial charge in [-0.15, -0.1) is 0 Å². The van der Waals surface area contributed by atoms with Crippen LogP contribution in [0.2, 0.25) is 0 Å². The number of pyridine rings is 1. The normalized spacial score (nSPS) is 11.9. The van der Waals surface area contributed by atoms with E-state index in [9.17, 15) is 0 Å². The van der Waals surface area contributed by atoms with Crippen molar-refractivity contribution >= 4 is 23.0 Å². The van der Waals surface area contributed by atoms with Crippen LogP contribution < -0.4 is 15.4 Å². The van der Waals surface area contributed by atoms with E-state index in [1.807, 2.05) is 32.0 Å². The Kier molecular flexibility index (Phi) is 5.85. The van der Waals surface area contributed by atoms with Gasteiger partial charge in [-0.05, 0) is 19.9 Å². The topological polar surface area (TPSA) is 51.4 Å². The van der Waals surface area contributed by atoms with Crippen LogP contribution in [0.3, 0.4) is 0 Å². The van der Waals surface area contributed by atoms with Crippen molar-refractivity contribution < 1.29 is 4.74 Å². The number of rotatable bonds is 7. The third kappa shape index (κ3) is 4.14. The maximum atomic E-state index is 5.65. The van der Waals surface area contributed by atoms with E-state index in [2.05, 4.69) is 16.8 Å². The summed E-state index contributed by atoms with van der Waals surface area (Å²) in [5.74, 6) is 1.71. The van der Waals surface area contributed by atoms with Crippen molar-refractivity contribution in [3.05, 3.63) is 18.2 Å². The first-order valence-corrected chi connectivity index (χ1v) is 6.63. The molecule has 1 atom stereocenters. The lowest BCUT2D eigenvalue weighted by Crippen LogP contribution is -2.34. The summed E-state index contributed by atoms with van der Waals surface area (Å²) in [5.41, 5.74) is 5.65. The first kappa shape index (κ1) is 14.7. The van der Waals surface area contributed by atoms with Gasteiger partial charge >= 0.3 is 0 Å². The van der Waals surface area contributed by atoms with Gasteiger partial charge in [-0.25, -0.2) is 0 Å². The lowest BCUT2D eigenvalue weighted by molar-refractivity contribution is 0.327. The average Bonchev–Trinajstić information content (AvgIpc) is 2.36. The second-order valence-corrected chi connectivity index (χ2v) is 4.58. The Morgan fingerprint density at radius 1 is 1.50 bits per heavy atom. The molecule has 0 aromatic carbocycles. The Morgan fingerprint density at radius 2 is 2.22 bits per heavy atom. The molecule has 0 spiro atoms. The Balaban J connectivity index is 2.81. The molecule has 1 aromatic rings. The van der Waals surface area contributed by atoms with Gasteiger partial charge in [-0.1, -0.05) is 25.2 Å². The summed E-state index contributed by atoms with van der Waals surface area (Å²) < 4.78 is 5.41. The van der Waals surface area contributed by atoms with Crippen LogP contribution in [0.25, 0.3) is 0 Å². The predicted molar refractivity (Wildman–Crippen MR) is 79.2 cm³/mol. The van der Waals surface area contributed by atoms with Crippen LogP contribution >= 0.6 is 12.2 Å². The molecule has 100 valence electrons. The van der Waals surface area contributed by atoms with Gasteiger partial charge in [0.05, 0.1) is 11.6 Å². The van der Waals surface area contributed by atoms with Gasteiger partial charge < -0.3 is 15.4 Å². The summed E-state index contributed by atoms with van der Waals surface area (Å²) in [6.45, 7) is 8.30. The van der Waals surface area contributed by atoms with Gasteiger partial charge in [0.2, 0.25) is 5.88 Å². The zero-order chi connectivity index (χ0) is 13.5. The Bertz CT molecular complexity index is 398. The largest absolute Gasteiger partial charge is 0.478 e. The zero-order valence-corrected chi connectivity index (χ0v) is 12.0. The van der Waals surface area contributed by atoms with E-state index in [1.54, 1.807) is 0 Å². The van der Waals surface area contributed by atoms with Crippen LogP contribution in [0.1, 0.15) is 20.8 Å². The third-order valence-electron chi connectivity index (χ3n) is 2.69. The van der Waals surface area contributed by atoms with Crippen molar-refractivity contribution in [3.8, 4) is 5.88 Å². The number of nitrogens with two attached hydrogens (primary N) is 1. The fourth-order valence-electron chi connectivity index (χ4n) is 1.61. The van der Waals surface area contributed by atoms with Gasteiger partial charge in [-0.3, -0.25) is 0 Å². The van der Waals surface area contributed by atoms with Crippen molar-refractivity contribution in [2.75, 3.05) is 24.6 Å². The molecule has 0 bridgehead atoms. The first-order valence-electron chi connectivity index (χ1n) is 6.22. The summed E-state index contributed by atoms with van der Waals surface area (Å²) in [6, 6.07) is 5.78. The minimum atomic E-state index is 0.164. The highest BCUT2D eigenvalue weighted by Crippen LogP contribution is 2.17. The third-order valence-corrected chi connectivity index (χ3v) is 3.09. The molecule has 1 aromatic heterocycles. The zero-order valence-electron chi connectivity index (χ0n) is 11.2. The smallest absolute Gasteiger partial charge is 0.215 e. The second-order valence-electron chi connectivity index (χ2n) is 4.11. The van der Waals surface area contributed by atoms with Crippen LogP contribution in [0.4, 0.5) is 5.82 Å². The van der Waals surface area contributed by atoms with Crippen molar-refractivity contribution in [1.82, 2.24) is 4.98 Å². The van der Waals surface area contributed by atoms with Gasteiger partial charge in [0.25, 0.3) is 0 Å². The van der Waals surface area contributed by atoms with Crippen molar-refractivity contribution in [3.63, 3.8) is 0 Å². The quantitative estimate of drug-likeness (QED) is 0.768. The summed E-state index contributed by atoms with van der Waals surface area (Å²) in [6.07, 6.45) is 0. The molecule has 0 saturated carbocycles. The molecule has 0 aliphatic rings. The minimum Gasteiger partial charge on any atom is -0.478 e. The van der Waals surface area contributed by atoms with E-state index in [4.69, 9.17) is 22.7 Å². The van der Waals surface area contributed by atoms with E-state index in [0.717, 1.165) is 18.9 Å².